The van der Waals surface area contributed by atoms with Crippen molar-refractivity contribution >= 4 is 28.3 Å². The third-order valence-electron chi connectivity index (χ3n) is 6.70. The van der Waals surface area contributed by atoms with Crippen LogP contribution in [0, 0.1) is 17.8 Å². The molecule has 1 N–H and O–H groups in total. The van der Waals surface area contributed by atoms with E-state index in [0.29, 0.717) is 17.6 Å². The molecule has 0 bridgehead atoms. The molecule has 0 spiro atoms. The van der Waals surface area contributed by atoms with Crippen molar-refractivity contribution in [1.29, 1.82) is 0 Å². The number of aromatic nitrogens is 2. The van der Waals surface area contributed by atoms with Gasteiger partial charge in [0.2, 0.25) is 11.8 Å². The Kier molecular flexibility index (Phi) is 7.80. The number of carbonyl (C=O) groups excluding carboxylic acids is 1. The van der Waals surface area contributed by atoms with E-state index >= 15 is 0 Å². The number of aliphatic carboxylic acids is 1. The molecule has 0 saturated carbocycles. The molecule has 184 valence electrons. The summed E-state index contributed by atoms with van der Waals surface area (Å²) in [5.74, 6) is -0.772. The Morgan fingerprint density at radius 1 is 1.20 bits per heavy atom. The second-order valence-electron chi connectivity index (χ2n) is 9.25. The number of methoxy groups -OCH3 is 1. The number of hydrogen-bond acceptors (Lipinski definition) is 6. The molecule has 0 radical (unpaired) electrons. The van der Waals surface area contributed by atoms with E-state index in [2.05, 4.69) is 18.8 Å². The van der Waals surface area contributed by atoms with Gasteiger partial charge in [-0.05, 0) is 36.3 Å². The molecule has 3 heterocycles. The molecule has 4 rings (SSSR count). The summed E-state index contributed by atoms with van der Waals surface area (Å²) in [6.07, 6.45) is 4.34. The van der Waals surface area contributed by atoms with Crippen LogP contribution in [-0.4, -0.2) is 40.6 Å². The van der Waals surface area contributed by atoms with Crippen LogP contribution in [0.1, 0.15) is 39.5 Å². The maximum absolute atomic E-state index is 13.7. The standard InChI is InChI=1S/C27H31N3O4S/c1-17(2)19-8-6-7-13-30(26(33)22(19)14-25(31)32)27-29-23(16-35-27)21-10-5-4-9-20(21)18-11-12-24(34-3)28-15-18/h4-5,9-12,15-17,19,22H,6-8,13-14H2,1-3H3,(H,31,32). The fourth-order valence-corrected chi connectivity index (χ4v) is 5.75. The Morgan fingerprint density at radius 2 is 1.97 bits per heavy atom. The van der Waals surface area contributed by atoms with Gasteiger partial charge in [0.15, 0.2) is 5.13 Å². The molecular formula is C27H31N3O4S. The van der Waals surface area contributed by atoms with Crippen LogP contribution in [0.4, 0.5) is 5.13 Å². The van der Waals surface area contributed by atoms with Crippen LogP contribution in [0.3, 0.4) is 0 Å². The number of carboxylic acids is 1. The molecule has 3 aromatic rings. The Hall–Kier alpha value is -3.26. The Bertz CT molecular complexity index is 1180. The number of rotatable bonds is 7. The molecule has 1 saturated heterocycles. The molecular weight excluding hydrogens is 462 g/mol. The van der Waals surface area contributed by atoms with Gasteiger partial charge in [-0.2, -0.15) is 0 Å². The van der Waals surface area contributed by atoms with Gasteiger partial charge in [0.25, 0.3) is 0 Å². The zero-order valence-corrected chi connectivity index (χ0v) is 21.1. The summed E-state index contributed by atoms with van der Waals surface area (Å²) >= 11 is 1.42. The lowest BCUT2D eigenvalue weighted by atomic mass is 9.76. The highest BCUT2D eigenvalue weighted by Gasteiger charge is 2.37. The fraction of sp³-hybridized carbons (Fsp3) is 0.407. The number of benzene rings is 1. The van der Waals surface area contributed by atoms with E-state index in [1.165, 1.54) is 11.3 Å². The van der Waals surface area contributed by atoms with Crippen molar-refractivity contribution < 1.29 is 19.4 Å². The van der Waals surface area contributed by atoms with E-state index in [1.807, 2.05) is 41.8 Å². The number of amides is 1. The highest BCUT2D eigenvalue weighted by atomic mass is 32.1. The van der Waals surface area contributed by atoms with Gasteiger partial charge in [0.1, 0.15) is 0 Å². The largest absolute Gasteiger partial charge is 0.481 e. The molecule has 35 heavy (non-hydrogen) atoms. The van der Waals surface area contributed by atoms with Crippen LogP contribution in [0.15, 0.2) is 48.0 Å². The van der Waals surface area contributed by atoms with Gasteiger partial charge in [-0.1, -0.05) is 44.5 Å². The summed E-state index contributed by atoms with van der Waals surface area (Å²) in [4.78, 5) is 36.2. The summed E-state index contributed by atoms with van der Waals surface area (Å²) in [6.45, 7) is 4.70. The molecule has 1 amide bonds. The number of thiazole rings is 1. The fourth-order valence-electron chi connectivity index (χ4n) is 4.89. The van der Waals surface area contributed by atoms with Gasteiger partial charge in [-0.3, -0.25) is 14.5 Å². The van der Waals surface area contributed by atoms with Gasteiger partial charge in [-0.25, -0.2) is 9.97 Å². The average Bonchev–Trinajstić information content (AvgIpc) is 3.33. The number of carboxylic acid groups (broad SMARTS) is 1. The highest BCUT2D eigenvalue weighted by Crippen LogP contribution is 2.38. The number of anilines is 1. The Balaban J connectivity index is 1.67. The minimum atomic E-state index is -0.934. The molecule has 8 heteroatoms. The van der Waals surface area contributed by atoms with Crippen molar-refractivity contribution in [3.05, 3.63) is 48.0 Å². The van der Waals surface area contributed by atoms with Gasteiger partial charge in [0, 0.05) is 35.3 Å². The quantitative estimate of drug-likeness (QED) is 0.450. The lowest BCUT2D eigenvalue weighted by Gasteiger charge is -2.34. The van der Waals surface area contributed by atoms with Crippen molar-refractivity contribution in [3.8, 4) is 28.3 Å². The van der Waals surface area contributed by atoms with Crippen molar-refractivity contribution in [2.75, 3.05) is 18.6 Å². The maximum atomic E-state index is 13.7. The van der Waals surface area contributed by atoms with Crippen LogP contribution in [0.5, 0.6) is 5.88 Å². The molecule has 1 aromatic carbocycles. The second-order valence-corrected chi connectivity index (χ2v) is 10.1. The lowest BCUT2D eigenvalue weighted by Crippen LogP contribution is -2.43. The molecule has 0 aliphatic carbocycles. The van der Waals surface area contributed by atoms with Gasteiger partial charge >= 0.3 is 5.97 Å². The maximum Gasteiger partial charge on any atom is 0.304 e. The molecule has 7 nitrogen and oxygen atoms in total. The molecule has 1 aliphatic heterocycles. The smallest absolute Gasteiger partial charge is 0.304 e. The monoisotopic (exact) mass is 493 g/mol. The number of ether oxygens (including phenoxy) is 1. The first-order chi connectivity index (χ1) is 16.9. The van der Waals surface area contributed by atoms with Crippen LogP contribution in [0.2, 0.25) is 0 Å². The summed E-state index contributed by atoms with van der Waals surface area (Å²) in [5, 5.41) is 12.1. The first-order valence-corrected chi connectivity index (χ1v) is 12.9. The summed E-state index contributed by atoms with van der Waals surface area (Å²) in [6, 6.07) is 11.8. The van der Waals surface area contributed by atoms with Crippen LogP contribution in [-0.2, 0) is 9.59 Å². The van der Waals surface area contributed by atoms with Gasteiger partial charge < -0.3 is 9.84 Å². The first kappa shape index (κ1) is 24.9. The molecule has 2 aromatic heterocycles. The zero-order valence-electron chi connectivity index (χ0n) is 20.3. The highest BCUT2D eigenvalue weighted by molar-refractivity contribution is 7.14. The van der Waals surface area contributed by atoms with E-state index in [0.717, 1.165) is 41.6 Å². The minimum absolute atomic E-state index is 0.0455. The Morgan fingerprint density at radius 3 is 2.63 bits per heavy atom. The summed E-state index contributed by atoms with van der Waals surface area (Å²) < 4.78 is 5.18. The normalized spacial score (nSPS) is 18.9. The molecule has 1 aliphatic rings. The second kappa shape index (κ2) is 11.0. The zero-order chi connectivity index (χ0) is 24.9. The molecule has 2 unspecified atom stereocenters. The Labute approximate surface area is 209 Å². The van der Waals surface area contributed by atoms with Crippen molar-refractivity contribution in [3.63, 3.8) is 0 Å². The number of pyridine rings is 1. The third kappa shape index (κ3) is 5.53. The van der Waals surface area contributed by atoms with E-state index in [9.17, 15) is 14.7 Å². The number of hydrogen-bond donors (Lipinski definition) is 1. The predicted octanol–water partition coefficient (Wildman–Crippen LogP) is 5.76. The van der Waals surface area contributed by atoms with E-state index in [4.69, 9.17) is 9.72 Å². The van der Waals surface area contributed by atoms with Crippen LogP contribution < -0.4 is 9.64 Å². The minimum Gasteiger partial charge on any atom is -0.481 e. The summed E-state index contributed by atoms with van der Waals surface area (Å²) in [7, 11) is 1.59. The van der Waals surface area contributed by atoms with Crippen LogP contribution in [0.25, 0.3) is 22.4 Å². The van der Waals surface area contributed by atoms with E-state index in [1.54, 1.807) is 18.2 Å². The van der Waals surface area contributed by atoms with Crippen molar-refractivity contribution in [2.45, 2.75) is 39.5 Å². The predicted molar refractivity (Wildman–Crippen MR) is 138 cm³/mol. The SMILES string of the molecule is COc1ccc(-c2ccccc2-c2csc(N3CCCCC(C(C)C)C(CC(=O)O)C3=O)n2)cn1. The van der Waals surface area contributed by atoms with Gasteiger partial charge in [-0.15, -0.1) is 11.3 Å². The van der Waals surface area contributed by atoms with Gasteiger partial charge in [0.05, 0.1) is 25.1 Å². The third-order valence-corrected chi connectivity index (χ3v) is 7.57. The van der Waals surface area contributed by atoms with Crippen molar-refractivity contribution in [2.24, 2.45) is 17.8 Å². The average molecular weight is 494 g/mol. The molecule has 2 atom stereocenters. The number of nitrogens with zero attached hydrogens (tertiary/aromatic N) is 3. The number of carbonyl (C=O) groups is 2. The van der Waals surface area contributed by atoms with Crippen LogP contribution >= 0.6 is 11.3 Å². The molecule has 1 fully saturated rings. The topological polar surface area (TPSA) is 92.6 Å². The lowest BCUT2D eigenvalue weighted by molar-refractivity contribution is -0.142. The summed E-state index contributed by atoms with van der Waals surface area (Å²) in [5.41, 5.74) is 3.66. The van der Waals surface area contributed by atoms with E-state index < -0.39 is 11.9 Å². The first-order valence-electron chi connectivity index (χ1n) is 12.0. The van der Waals surface area contributed by atoms with E-state index in [-0.39, 0.29) is 24.2 Å². The van der Waals surface area contributed by atoms with Crippen molar-refractivity contribution in [1.82, 2.24) is 9.97 Å².